The second-order valence-electron chi connectivity index (χ2n) is 9.64. The number of benzene rings is 3. The van der Waals surface area contributed by atoms with Crippen LogP contribution in [-0.2, 0) is 6.54 Å². The Morgan fingerprint density at radius 1 is 0.941 bits per heavy atom. The number of nitrogens with one attached hydrogen (secondary N) is 2. The van der Waals surface area contributed by atoms with Crippen LogP contribution in [0.5, 0.6) is 5.75 Å². The minimum Gasteiger partial charge on any atom is -0.496 e. The van der Waals surface area contributed by atoms with Gasteiger partial charge in [0, 0.05) is 36.7 Å². The molecule has 1 heterocycles. The Morgan fingerprint density at radius 3 is 2.15 bits per heavy atom. The van der Waals surface area contributed by atoms with Crippen molar-refractivity contribution in [3.8, 4) is 5.75 Å². The van der Waals surface area contributed by atoms with Gasteiger partial charge in [0.1, 0.15) is 5.75 Å². The predicted octanol–water partition coefficient (Wildman–Crippen LogP) is 5.08. The lowest BCUT2D eigenvalue weighted by Gasteiger charge is -2.32. The van der Waals surface area contributed by atoms with Gasteiger partial charge in [0.15, 0.2) is 0 Å². The predicted molar refractivity (Wildman–Crippen MR) is 139 cm³/mol. The van der Waals surface area contributed by atoms with Crippen LogP contribution in [0.15, 0.2) is 78.9 Å². The highest BCUT2D eigenvalue weighted by atomic mass is 16.5. The van der Waals surface area contributed by atoms with Gasteiger partial charge in [-0.15, -0.1) is 0 Å². The second-order valence-corrected chi connectivity index (χ2v) is 9.64. The molecule has 1 aliphatic rings. The van der Waals surface area contributed by atoms with E-state index in [0.29, 0.717) is 11.8 Å². The molecule has 3 N–H and O–H groups in total. The van der Waals surface area contributed by atoms with Crippen molar-refractivity contribution in [3.63, 3.8) is 0 Å². The van der Waals surface area contributed by atoms with Crippen LogP contribution in [0.1, 0.15) is 54.4 Å². The maximum atomic E-state index is 9.79. The van der Waals surface area contributed by atoms with E-state index in [1.165, 1.54) is 22.3 Å². The monoisotopic (exact) mass is 458 g/mol. The van der Waals surface area contributed by atoms with E-state index in [0.717, 1.165) is 25.3 Å². The van der Waals surface area contributed by atoms with Crippen LogP contribution in [0, 0.1) is 5.92 Å². The second kappa shape index (κ2) is 11.7. The van der Waals surface area contributed by atoms with Crippen molar-refractivity contribution in [2.24, 2.45) is 5.92 Å². The van der Waals surface area contributed by atoms with Crippen LogP contribution in [0.3, 0.4) is 0 Å². The lowest BCUT2D eigenvalue weighted by molar-refractivity contribution is 0.241. The Labute approximate surface area is 204 Å². The largest absolute Gasteiger partial charge is 0.496 e. The summed E-state index contributed by atoms with van der Waals surface area (Å²) in [7, 11) is 1.74. The third-order valence-electron chi connectivity index (χ3n) is 7.19. The SMILES string of the molecule is COc1ccc(C(C)C)cc1CN[C@H]1[C@H](CCO)CN[C@H]1C(c1ccccc1)c1ccccc1. The summed E-state index contributed by atoms with van der Waals surface area (Å²) < 4.78 is 5.69. The smallest absolute Gasteiger partial charge is 0.123 e. The van der Waals surface area contributed by atoms with Crippen molar-refractivity contribution in [3.05, 3.63) is 101 Å². The summed E-state index contributed by atoms with van der Waals surface area (Å²) in [5.74, 6) is 1.95. The molecule has 0 saturated carbocycles. The van der Waals surface area contributed by atoms with E-state index in [1.807, 2.05) is 0 Å². The van der Waals surface area contributed by atoms with E-state index in [9.17, 15) is 5.11 Å². The standard InChI is InChI=1S/C30H38N2O2/c1-21(2)24-14-15-27(34-3)26(18-24)20-31-29-25(16-17-33)19-32-30(29)28(22-10-6-4-7-11-22)23-12-8-5-9-13-23/h4-15,18,21,25,28-33H,16-17,19-20H2,1-3H3/t25-,29+,30+/m1/s1. The third-order valence-corrected chi connectivity index (χ3v) is 7.19. The van der Waals surface area contributed by atoms with Crippen LogP contribution < -0.4 is 15.4 Å². The zero-order chi connectivity index (χ0) is 23.9. The molecule has 0 aliphatic carbocycles. The van der Waals surface area contributed by atoms with Gasteiger partial charge >= 0.3 is 0 Å². The van der Waals surface area contributed by atoms with Crippen molar-refractivity contribution in [1.82, 2.24) is 10.6 Å². The minimum atomic E-state index is 0.199. The molecule has 0 aromatic heterocycles. The average Bonchev–Trinajstić information content (AvgIpc) is 3.26. The number of ether oxygens (including phenoxy) is 1. The van der Waals surface area contributed by atoms with Crippen LogP contribution in [0.2, 0.25) is 0 Å². The fourth-order valence-corrected chi connectivity index (χ4v) is 5.35. The van der Waals surface area contributed by atoms with Gasteiger partial charge in [-0.05, 0) is 47.6 Å². The highest BCUT2D eigenvalue weighted by Gasteiger charge is 2.40. The number of hydrogen-bond acceptors (Lipinski definition) is 4. The molecule has 180 valence electrons. The zero-order valence-electron chi connectivity index (χ0n) is 20.6. The molecule has 0 unspecified atom stereocenters. The Kier molecular flexibility index (Phi) is 8.39. The van der Waals surface area contributed by atoms with Gasteiger partial charge < -0.3 is 20.5 Å². The van der Waals surface area contributed by atoms with Gasteiger partial charge in [0.05, 0.1) is 7.11 Å². The van der Waals surface area contributed by atoms with E-state index in [2.05, 4.69) is 103 Å². The Balaban J connectivity index is 1.65. The lowest BCUT2D eigenvalue weighted by atomic mass is 9.80. The molecular formula is C30H38N2O2. The number of rotatable bonds is 10. The van der Waals surface area contributed by atoms with Gasteiger partial charge in [0.25, 0.3) is 0 Å². The van der Waals surface area contributed by atoms with Crippen LogP contribution in [0.4, 0.5) is 0 Å². The summed E-state index contributed by atoms with van der Waals surface area (Å²) in [4.78, 5) is 0. The highest BCUT2D eigenvalue weighted by Crippen LogP contribution is 2.35. The fraction of sp³-hybridized carbons (Fsp3) is 0.400. The van der Waals surface area contributed by atoms with Gasteiger partial charge in [0.2, 0.25) is 0 Å². The molecule has 4 heteroatoms. The highest BCUT2D eigenvalue weighted by molar-refractivity contribution is 5.39. The van der Waals surface area contributed by atoms with E-state index < -0.39 is 0 Å². The molecule has 4 rings (SSSR count). The summed E-state index contributed by atoms with van der Waals surface area (Å²) in [6, 6.07) is 28.5. The van der Waals surface area contributed by atoms with E-state index in [1.54, 1.807) is 7.11 Å². The Hall–Kier alpha value is -2.66. The molecule has 0 radical (unpaired) electrons. The first kappa shape index (κ1) is 24.5. The summed E-state index contributed by atoms with van der Waals surface area (Å²) in [6.45, 7) is 6.26. The van der Waals surface area contributed by atoms with Crippen LogP contribution >= 0.6 is 0 Å². The van der Waals surface area contributed by atoms with Gasteiger partial charge in [-0.25, -0.2) is 0 Å². The first-order valence-electron chi connectivity index (χ1n) is 12.5. The van der Waals surface area contributed by atoms with Gasteiger partial charge in [-0.3, -0.25) is 0 Å². The molecule has 1 fully saturated rings. The summed E-state index contributed by atoms with van der Waals surface area (Å²) in [5.41, 5.74) is 5.11. The molecule has 4 nitrogen and oxygen atoms in total. The number of aliphatic hydroxyl groups is 1. The van der Waals surface area contributed by atoms with E-state index >= 15 is 0 Å². The number of hydrogen-bond donors (Lipinski definition) is 3. The molecule has 1 saturated heterocycles. The topological polar surface area (TPSA) is 53.5 Å². The molecule has 3 aromatic carbocycles. The van der Waals surface area contributed by atoms with Crippen LogP contribution in [0.25, 0.3) is 0 Å². The molecule has 0 amide bonds. The minimum absolute atomic E-state index is 0.199. The molecule has 1 aliphatic heterocycles. The zero-order valence-corrected chi connectivity index (χ0v) is 20.6. The lowest BCUT2D eigenvalue weighted by Crippen LogP contribution is -2.46. The molecule has 0 spiro atoms. The molecule has 3 aromatic rings. The first-order valence-corrected chi connectivity index (χ1v) is 12.5. The number of aliphatic hydroxyl groups excluding tert-OH is 1. The molecule has 34 heavy (non-hydrogen) atoms. The van der Waals surface area contributed by atoms with E-state index in [4.69, 9.17) is 4.74 Å². The van der Waals surface area contributed by atoms with Gasteiger partial charge in [-0.1, -0.05) is 86.6 Å². The Bertz CT molecular complexity index is 983. The maximum Gasteiger partial charge on any atom is 0.123 e. The van der Waals surface area contributed by atoms with Crippen molar-refractivity contribution in [2.75, 3.05) is 20.3 Å². The van der Waals surface area contributed by atoms with E-state index in [-0.39, 0.29) is 24.6 Å². The summed E-state index contributed by atoms with van der Waals surface area (Å²) in [5, 5.41) is 17.5. The number of methoxy groups -OCH3 is 1. The summed E-state index contributed by atoms with van der Waals surface area (Å²) >= 11 is 0. The first-order chi connectivity index (χ1) is 16.6. The third kappa shape index (κ3) is 5.52. The van der Waals surface area contributed by atoms with Crippen molar-refractivity contribution < 1.29 is 9.84 Å². The van der Waals surface area contributed by atoms with Gasteiger partial charge in [-0.2, -0.15) is 0 Å². The van der Waals surface area contributed by atoms with Crippen molar-refractivity contribution in [2.45, 2.75) is 50.7 Å². The molecular weight excluding hydrogens is 420 g/mol. The average molecular weight is 459 g/mol. The van der Waals surface area contributed by atoms with Crippen molar-refractivity contribution in [1.29, 1.82) is 0 Å². The van der Waals surface area contributed by atoms with Crippen molar-refractivity contribution >= 4 is 0 Å². The van der Waals surface area contributed by atoms with Crippen LogP contribution in [-0.4, -0.2) is 37.5 Å². The summed E-state index contributed by atoms with van der Waals surface area (Å²) in [6.07, 6.45) is 0.778. The fourth-order valence-electron chi connectivity index (χ4n) is 5.35. The normalized spacial score (nSPS) is 20.2. The molecule has 0 bridgehead atoms. The quantitative estimate of drug-likeness (QED) is 0.397. The maximum absolute atomic E-state index is 9.79. The molecule has 3 atom stereocenters. The Morgan fingerprint density at radius 2 is 1.59 bits per heavy atom.